The maximum absolute atomic E-state index is 13.1. The van der Waals surface area contributed by atoms with Crippen molar-refractivity contribution in [2.45, 2.75) is 52.1 Å². The van der Waals surface area contributed by atoms with Gasteiger partial charge in [0.15, 0.2) is 0 Å². The molecule has 2 amide bonds. The molecule has 4 N–H and O–H groups in total. The Hall–Kier alpha value is -4.20. The van der Waals surface area contributed by atoms with Crippen molar-refractivity contribution in [2.24, 2.45) is 11.1 Å². The molecule has 9 nitrogen and oxygen atoms in total. The molecule has 2 fully saturated rings. The number of aromatic nitrogens is 4. The average molecular weight is 522 g/mol. The van der Waals surface area contributed by atoms with Crippen molar-refractivity contribution >= 4 is 17.6 Å². The van der Waals surface area contributed by atoms with E-state index < -0.39 is 12.3 Å². The van der Waals surface area contributed by atoms with Gasteiger partial charge in [0.1, 0.15) is 17.1 Å². The minimum Gasteiger partial charge on any atom is -0.383 e. The number of amides is 2. The molecule has 1 aliphatic heterocycles. The highest BCUT2D eigenvalue weighted by molar-refractivity contribution is 6.03. The van der Waals surface area contributed by atoms with Crippen LogP contribution in [0.25, 0.3) is 11.3 Å². The van der Waals surface area contributed by atoms with E-state index in [1.807, 2.05) is 0 Å². The molecule has 2 aliphatic rings. The van der Waals surface area contributed by atoms with Gasteiger partial charge < -0.3 is 16.4 Å². The largest absolute Gasteiger partial charge is 0.383 e. The first-order chi connectivity index (χ1) is 18.1. The molecule has 1 aromatic carbocycles. The molecule has 0 atom stereocenters. The molecule has 1 spiro atoms. The topological polar surface area (TPSA) is 125 Å². The molecular formula is C27H29F2N7O2. The minimum atomic E-state index is -2.56. The van der Waals surface area contributed by atoms with Crippen molar-refractivity contribution in [1.82, 2.24) is 24.5 Å². The Morgan fingerprint density at radius 1 is 1.26 bits per heavy atom. The van der Waals surface area contributed by atoms with E-state index in [0.717, 1.165) is 19.3 Å². The minimum absolute atomic E-state index is 0.00521. The molecular weight excluding hydrogens is 492 g/mol. The molecule has 198 valence electrons. The molecule has 3 heterocycles. The quantitative estimate of drug-likeness (QED) is 0.482. The lowest BCUT2D eigenvalue weighted by Crippen LogP contribution is -2.42. The smallest absolute Gasteiger partial charge is 0.298 e. The van der Waals surface area contributed by atoms with E-state index >= 15 is 0 Å². The lowest BCUT2D eigenvalue weighted by atomic mass is 9.65. The summed E-state index contributed by atoms with van der Waals surface area (Å²) in [6.07, 6.45) is 1.60. The summed E-state index contributed by atoms with van der Waals surface area (Å²) in [4.78, 5) is 26.4. The molecule has 11 heteroatoms. The van der Waals surface area contributed by atoms with Crippen molar-refractivity contribution in [1.29, 1.82) is 0 Å². The van der Waals surface area contributed by atoms with Gasteiger partial charge in [0.2, 0.25) is 0 Å². The Labute approximate surface area is 218 Å². The number of alkyl halides is 2. The first kappa shape index (κ1) is 25.4. The number of hydrogen-bond acceptors (Lipinski definition) is 5. The van der Waals surface area contributed by atoms with Gasteiger partial charge in [-0.3, -0.25) is 14.3 Å². The van der Waals surface area contributed by atoms with Crippen LogP contribution in [0.1, 0.15) is 65.8 Å². The van der Waals surface area contributed by atoms with Crippen LogP contribution in [0.5, 0.6) is 0 Å². The monoisotopic (exact) mass is 521 g/mol. The molecule has 0 bridgehead atoms. The van der Waals surface area contributed by atoms with Crippen LogP contribution in [-0.4, -0.2) is 49.4 Å². The number of anilines is 1. The van der Waals surface area contributed by atoms with Crippen molar-refractivity contribution in [3.8, 4) is 23.1 Å². The van der Waals surface area contributed by atoms with Crippen molar-refractivity contribution < 1.29 is 18.4 Å². The third-order valence-corrected chi connectivity index (χ3v) is 7.58. The SMILES string of the molecule is CC#CC(=O)N1CC[C@]2(C1)C[C@H](n1nc(-c3cn(Cc4cccc(C(F)F)c4)nc3C)c(C(N)=O)c1N)C2. The molecule has 5 rings (SSSR count). The third kappa shape index (κ3) is 4.51. The van der Waals surface area contributed by atoms with Gasteiger partial charge in [-0.25, -0.2) is 13.5 Å². The summed E-state index contributed by atoms with van der Waals surface area (Å²) in [6.45, 7) is 5.01. The van der Waals surface area contributed by atoms with Crippen molar-refractivity contribution in [3.05, 3.63) is 52.8 Å². The van der Waals surface area contributed by atoms with Gasteiger partial charge in [-0.05, 0) is 56.1 Å². The highest BCUT2D eigenvalue weighted by atomic mass is 19.3. The molecule has 38 heavy (non-hydrogen) atoms. The van der Waals surface area contributed by atoms with E-state index in [9.17, 15) is 18.4 Å². The Balaban J connectivity index is 1.39. The van der Waals surface area contributed by atoms with Crippen molar-refractivity contribution in [3.63, 3.8) is 0 Å². The second-order valence-electron chi connectivity index (χ2n) is 10.2. The van der Waals surface area contributed by atoms with Crippen LogP contribution in [0, 0.1) is 24.2 Å². The molecule has 2 aromatic heterocycles. The van der Waals surface area contributed by atoms with Crippen LogP contribution < -0.4 is 11.5 Å². The summed E-state index contributed by atoms with van der Waals surface area (Å²) in [5, 5.41) is 9.23. The Morgan fingerprint density at radius 3 is 2.71 bits per heavy atom. The summed E-state index contributed by atoms with van der Waals surface area (Å²) in [5.41, 5.74) is 14.4. The standard InChI is InChI=1S/C27H29F2N7O2/c1-3-5-21(37)34-9-8-27(15-34)11-19(12-27)36-25(30)22(26(31)38)23(33-36)20-14-35(32-16(20)2)13-17-6-4-7-18(10-17)24(28)29/h4,6-7,10,14,19,24H,8-9,11-13,15,30H2,1-2H3,(H2,31,38)/t19-,27-. The van der Waals surface area contributed by atoms with E-state index in [1.165, 1.54) is 12.1 Å². The number of benzene rings is 1. The second kappa shape index (κ2) is 9.59. The maximum atomic E-state index is 13.1. The molecule has 1 aliphatic carbocycles. The van der Waals surface area contributed by atoms with Crippen LogP contribution in [0.4, 0.5) is 14.6 Å². The predicted molar refractivity (Wildman–Crippen MR) is 137 cm³/mol. The van der Waals surface area contributed by atoms with Gasteiger partial charge in [-0.2, -0.15) is 10.2 Å². The number of halogens is 2. The van der Waals surface area contributed by atoms with Gasteiger partial charge in [0, 0.05) is 30.4 Å². The molecule has 1 saturated carbocycles. The van der Waals surface area contributed by atoms with E-state index in [1.54, 1.807) is 46.4 Å². The molecule has 3 aromatic rings. The number of primary amides is 1. The number of likely N-dealkylation sites (tertiary alicyclic amines) is 1. The van der Waals surface area contributed by atoms with E-state index in [4.69, 9.17) is 16.6 Å². The highest BCUT2D eigenvalue weighted by Crippen LogP contribution is 2.54. The highest BCUT2D eigenvalue weighted by Gasteiger charge is 2.51. The molecule has 1 saturated heterocycles. The number of rotatable bonds is 6. The predicted octanol–water partition coefficient (Wildman–Crippen LogP) is 3.30. The van der Waals surface area contributed by atoms with Crippen LogP contribution in [0.3, 0.4) is 0 Å². The first-order valence-electron chi connectivity index (χ1n) is 12.4. The zero-order chi connectivity index (χ0) is 27.2. The third-order valence-electron chi connectivity index (χ3n) is 7.58. The van der Waals surface area contributed by atoms with Crippen LogP contribution >= 0.6 is 0 Å². The van der Waals surface area contributed by atoms with Gasteiger partial charge in [-0.1, -0.05) is 24.1 Å². The number of carbonyl (C=O) groups is 2. The summed E-state index contributed by atoms with van der Waals surface area (Å²) in [7, 11) is 0. The second-order valence-corrected chi connectivity index (χ2v) is 10.2. The zero-order valence-electron chi connectivity index (χ0n) is 21.2. The number of aryl methyl sites for hydroxylation is 1. The van der Waals surface area contributed by atoms with Gasteiger partial charge in [-0.15, -0.1) is 0 Å². The Morgan fingerprint density at radius 2 is 2.03 bits per heavy atom. The summed E-state index contributed by atoms with van der Waals surface area (Å²) in [5.74, 6) is 4.62. The van der Waals surface area contributed by atoms with Gasteiger partial charge in [0.25, 0.3) is 18.2 Å². The van der Waals surface area contributed by atoms with Crippen LogP contribution in [0.15, 0.2) is 30.5 Å². The number of hydrogen-bond donors (Lipinski definition) is 2. The first-order valence-corrected chi connectivity index (χ1v) is 12.4. The lowest BCUT2D eigenvalue weighted by Gasteiger charge is -2.45. The van der Waals surface area contributed by atoms with Gasteiger partial charge >= 0.3 is 0 Å². The number of nitrogens with two attached hydrogens (primary N) is 2. The fourth-order valence-corrected chi connectivity index (χ4v) is 5.74. The van der Waals surface area contributed by atoms with E-state index in [2.05, 4.69) is 16.9 Å². The summed E-state index contributed by atoms with van der Waals surface area (Å²) < 4.78 is 29.5. The van der Waals surface area contributed by atoms with E-state index in [-0.39, 0.29) is 40.9 Å². The fourth-order valence-electron chi connectivity index (χ4n) is 5.74. The fraction of sp³-hybridized carbons (Fsp3) is 0.407. The van der Waals surface area contributed by atoms with E-state index in [0.29, 0.717) is 35.6 Å². The molecule has 0 radical (unpaired) electrons. The Kier molecular flexibility index (Phi) is 6.42. The van der Waals surface area contributed by atoms with Crippen LogP contribution in [-0.2, 0) is 11.3 Å². The summed E-state index contributed by atoms with van der Waals surface area (Å²) in [6, 6.07) is 6.14. The van der Waals surface area contributed by atoms with Crippen LogP contribution in [0.2, 0.25) is 0 Å². The lowest BCUT2D eigenvalue weighted by molar-refractivity contribution is -0.125. The van der Waals surface area contributed by atoms with Gasteiger partial charge in [0.05, 0.1) is 18.3 Å². The maximum Gasteiger partial charge on any atom is 0.298 e. The number of nitrogen functional groups attached to an aromatic ring is 1. The Bertz CT molecular complexity index is 1470. The normalized spacial score (nSPS) is 20.4. The van der Waals surface area contributed by atoms with Crippen molar-refractivity contribution in [2.75, 3.05) is 18.8 Å². The summed E-state index contributed by atoms with van der Waals surface area (Å²) >= 11 is 0. The number of nitrogens with zero attached hydrogens (tertiary/aromatic N) is 5. The zero-order valence-corrected chi connectivity index (χ0v) is 21.2. The number of carbonyl (C=O) groups excluding carboxylic acids is 2. The molecule has 0 unspecified atom stereocenters. The average Bonchev–Trinajstić information content (AvgIpc) is 3.53.